The minimum atomic E-state index is -0.448. The van der Waals surface area contributed by atoms with Gasteiger partial charge in [0.25, 0.3) is 5.91 Å². The van der Waals surface area contributed by atoms with E-state index in [1.54, 1.807) is 23.9 Å². The van der Waals surface area contributed by atoms with Crippen molar-refractivity contribution in [3.8, 4) is 5.69 Å². The van der Waals surface area contributed by atoms with E-state index in [0.29, 0.717) is 34.6 Å². The van der Waals surface area contributed by atoms with Crippen molar-refractivity contribution in [1.82, 2.24) is 14.8 Å². The third kappa shape index (κ3) is 3.48. The minimum absolute atomic E-state index is 0.313. The maximum absolute atomic E-state index is 12.8. The summed E-state index contributed by atoms with van der Waals surface area (Å²) in [4.78, 5) is 27.9. The summed E-state index contributed by atoms with van der Waals surface area (Å²) in [5.41, 5.74) is 4.52. The van der Waals surface area contributed by atoms with Crippen LogP contribution in [0.1, 0.15) is 44.7 Å². The number of ether oxygens (including phenoxy) is 1. The maximum atomic E-state index is 12.8. The van der Waals surface area contributed by atoms with Gasteiger partial charge < -0.3 is 15.0 Å². The van der Waals surface area contributed by atoms with Crippen LogP contribution in [0.3, 0.4) is 0 Å². The Balaban J connectivity index is 1.89. The van der Waals surface area contributed by atoms with Crippen molar-refractivity contribution in [3.63, 3.8) is 0 Å². The van der Waals surface area contributed by atoms with Gasteiger partial charge in [-0.2, -0.15) is 5.10 Å². The summed E-state index contributed by atoms with van der Waals surface area (Å²) in [7, 11) is 1.33. The Hall–Kier alpha value is -3.35. The lowest BCUT2D eigenvalue weighted by Gasteiger charge is -2.09. The van der Waals surface area contributed by atoms with Gasteiger partial charge in [0.15, 0.2) is 0 Å². The number of benzene rings is 1. The zero-order valence-electron chi connectivity index (χ0n) is 15.8. The fourth-order valence-electron chi connectivity index (χ4n) is 3.08. The Kier molecular flexibility index (Phi) is 5.12. The summed E-state index contributed by atoms with van der Waals surface area (Å²) >= 11 is 0. The van der Waals surface area contributed by atoms with Gasteiger partial charge in [0.1, 0.15) is 5.69 Å². The number of methoxy groups -OCH3 is 1. The number of carbonyl (C=O) groups excluding carboxylic acids is 2. The Morgan fingerprint density at radius 3 is 2.67 bits per heavy atom. The molecule has 140 valence electrons. The number of aromatic nitrogens is 3. The molecule has 0 aliphatic rings. The van der Waals surface area contributed by atoms with E-state index in [0.717, 1.165) is 11.4 Å². The molecule has 2 heterocycles. The molecule has 7 heteroatoms. The number of carbonyl (C=O) groups is 2. The van der Waals surface area contributed by atoms with Gasteiger partial charge in [-0.3, -0.25) is 4.79 Å². The number of hydrogen-bond acceptors (Lipinski definition) is 4. The molecule has 3 rings (SSSR count). The SMILES string of the molecule is CCc1[nH]c(C(=O)Nc2cccc(-n3nccc3C)c2)c(C)c1C(=O)OC. The molecule has 0 spiro atoms. The topological polar surface area (TPSA) is 89.0 Å². The molecule has 0 aliphatic heterocycles. The number of nitrogens with one attached hydrogen (secondary N) is 2. The average molecular weight is 366 g/mol. The lowest BCUT2D eigenvalue weighted by Crippen LogP contribution is -2.14. The van der Waals surface area contributed by atoms with E-state index >= 15 is 0 Å². The Morgan fingerprint density at radius 1 is 1.26 bits per heavy atom. The lowest BCUT2D eigenvalue weighted by molar-refractivity contribution is 0.0599. The fourth-order valence-corrected chi connectivity index (χ4v) is 3.08. The summed E-state index contributed by atoms with van der Waals surface area (Å²) in [5.74, 6) is -0.762. The first kappa shape index (κ1) is 18.4. The number of nitrogens with zero attached hydrogens (tertiary/aromatic N) is 2. The first-order valence-corrected chi connectivity index (χ1v) is 8.68. The predicted molar refractivity (Wildman–Crippen MR) is 103 cm³/mol. The van der Waals surface area contributed by atoms with Gasteiger partial charge in [0.05, 0.1) is 18.4 Å². The summed E-state index contributed by atoms with van der Waals surface area (Å²) in [6, 6.07) is 9.33. The molecule has 0 atom stereocenters. The van der Waals surface area contributed by atoms with Gasteiger partial charge >= 0.3 is 5.97 Å². The normalized spacial score (nSPS) is 10.7. The number of aryl methyl sites for hydroxylation is 2. The molecule has 1 amide bonds. The van der Waals surface area contributed by atoms with Crippen LogP contribution in [0.15, 0.2) is 36.5 Å². The maximum Gasteiger partial charge on any atom is 0.339 e. The van der Waals surface area contributed by atoms with Crippen LogP contribution in [-0.4, -0.2) is 33.8 Å². The Morgan fingerprint density at radius 2 is 2.04 bits per heavy atom. The van der Waals surface area contributed by atoms with E-state index in [9.17, 15) is 9.59 Å². The summed E-state index contributed by atoms with van der Waals surface area (Å²) in [6.07, 6.45) is 2.32. The fraction of sp³-hybridized carbons (Fsp3) is 0.250. The highest BCUT2D eigenvalue weighted by atomic mass is 16.5. The Bertz CT molecular complexity index is 1000. The second kappa shape index (κ2) is 7.49. The highest BCUT2D eigenvalue weighted by Gasteiger charge is 2.23. The highest BCUT2D eigenvalue weighted by molar-refractivity contribution is 6.07. The summed E-state index contributed by atoms with van der Waals surface area (Å²) in [5, 5.41) is 7.16. The molecule has 0 fully saturated rings. The van der Waals surface area contributed by atoms with Crippen LogP contribution in [-0.2, 0) is 11.2 Å². The number of aromatic amines is 1. The molecule has 0 radical (unpaired) electrons. The quantitative estimate of drug-likeness (QED) is 0.677. The zero-order chi connectivity index (χ0) is 19.6. The molecule has 2 aromatic heterocycles. The Labute approximate surface area is 157 Å². The van der Waals surface area contributed by atoms with Gasteiger partial charge in [0.2, 0.25) is 0 Å². The average Bonchev–Trinajstić information content (AvgIpc) is 3.24. The lowest BCUT2D eigenvalue weighted by atomic mass is 10.1. The highest BCUT2D eigenvalue weighted by Crippen LogP contribution is 2.22. The largest absolute Gasteiger partial charge is 0.465 e. The number of hydrogen-bond donors (Lipinski definition) is 2. The molecule has 2 N–H and O–H groups in total. The second-order valence-electron chi connectivity index (χ2n) is 6.21. The smallest absolute Gasteiger partial charge is 0.339 e. The summed E-state index contributed by atoms with van der Waals surface area (Å²) in [6.45, 7) is 5.61. The van der Waals surface area contributed by atoms with Crippen LogP contribution >= 0.6 is 0 Å². The molecule has 0 unspecified atom stereocenters. The van der Waals surface area contributed by atoms with Gasteiger partial charge in [-0.1, -0.05) is 13.0 Å². The van der Waals surface area contributed by atoms with Crippen LogP contribution in [0.4, 0.5) is 5.69 Å². The van der Waals surface area contributed by atoms with E-state index in [1.807, 2.05) is 38.1 Å². The number of rotatable bonds is 5. The number of amides is 1. The molecule has 0 saturated heterocycles. The molecule has 7 nitrogen and oxygen atoms in total. The molecular formula is C20H22N4O3. The van der Waals surface area contributed by atoms with Crippen molar-refractivity contribution >= 4 is 17.6 Å². The molecule has 27 heavy (non-hydrogen) atoms. The van der Waals surface area contributed by atoms with Crippen molar-refractivity contribution in [3.05, 3.63) is 64.7 Å². The molecule has 1 aromatic carbocycles. The van der Waals surface area contributed by atoms with Gasteiger partial charge in [-0.05, 0) is 50.1 Å². The predicted octanol–water partition coefficient (Wildman–Crippen LogP) is 3.42. The van der Waals surface area contributed by atoms with Crippen molar-refractivity contribution in [2.75, 3.05) is 12.4 Å². The van der Waals surface area contributed by atoms with Gasteiger partial charge in [-0.25, -0.2) is 9.48 Å². The van der Waals surface area contributed by atoms with Crippen LogP contribution in [0, 0.1) is 13.8 Å². The van der Waals surface area contributed by atoms with Gasteiger partial charge in [0, 0.05) is 23.3 Å². The van der Waals surface area contributed by atoms with Crippen LogP contribution in [0.25, 0.3) is 5.69 Å². The number of esters is 1. The van der Waals surface area contributed by atoms with Crippen molar-refractivity contribution in [1.29, 1.82) is 0 Å². The van der Waals surface area contributed by atoms with Gasteiger partial charge in [-0.15, -0.1) is 0 Å². The first-order chi connectivity index (χ1) is 13.0. The van der Waals surface area contributed by atoms with Crippen molar-refractivity contribution in [2.24, 2.45) is 0 Å². The minimum Gasteiger partial charge on any atom is -0.465 e. The van der Waals surface area contributed by atoms with E-state index < -0.39 is 5.97 Å². The molecule has 3 aromatic rings. The molecule has 0 saturated carbocycles. The monoisotopic (exact) mass is 366 g/mol. The molecule has 0 bridgehead atoms. The van der Waals surface area contributed by atoms with E-state index in [1.165, 1.54) is 7.11 Å². The third-order valence-electron chi connectivity index (χ3n) is 4.48. The molecule has 0 aliphatic carbocycles. The molecular weight excluding hydrogens is 344 g/mol. The van der Waals surface area contributed by atoms with Crippen LogP contribution in [0.5, 0.6) is 0 Å². The standard InChI is InChI=1S/C20H22N4O3/c1-5-16-17(20(26)27-4)13(3)18(23-16)19(25)22-14-7-6-8-15(11-14)24-12(2)9-10-21-24/h6-11,23H,5H2,1-4H3,(H,22,25). The first-order valence-electron chi connectivity index (χ1n) is 8.68. The van der Waals surface area contributed by atoms with E-state index in [4.69, 9.17) is 4.74 Å². The second-order valence-corrected chi connectivity index (χ2v) is 6.21. The number of anilines is 1. The van der Waals surface area contributed by atoms with Crippen LogP contribution in [0.2, 0.25) is 0 Å². The van der Waals surface area contributed by atoms with E-state index in [-0.39, 0.29) is 5.91 Å². The van der Waals surface area contributed by atoms with E-state index in [2.05, 4.69) is 15.4 Å². The van der Waals surface area contributed by atoms with Crippen molar-refractivity contribution < 1.29 is 14.3 Å². The zero-order valence-corrected chi connectivity index (χ0v) is 15.8. The van der Waals surface area contributed by atoms with Crippen LogP contribution < -0.4 is 5.32 Å². The van der Waals surface area contributed by atoms with Crippen molar-refractivity contribution in [2.45, 2.75) is 27.2 Å². The third-order valence-corrected chi connectivity index (χ3v) is 4.48. The number of H-pyrrole nitrogens is 1. The summed E-state index contributed by atoms with van der Waals surface area (Å²) < 4.78 is 6.63.